The molecule has 1 atom stereocenters. The second kappa shape index (κ2) is 6.59. The summed E-state index contributed by atoms with van der Waals surface area (Å²) in [6.07, 6.45) is 0. The number of hydrogen-bond acceptors (Lipinski definition) is 3. The molecule has 0 bridgehead atoms. The Bertz CT molecular complexity index is 268. The van der Waals surface area contributed by atoms with Gasteiger partial charge >= 0.3 is 5.97 Å². The van der Waals surface area contributed by atoms with Crippen LogP contribution in [-0.4, -0.2) is 35.7 Å². The van der Waals surface area contributed by atoms with Crippen LogP contribution in [0.5, 0.6) is 0 Å². The van der Waals surface area contributed by atoms with Crippen LogP contribution in [0.2, 0.25) is 0 Å². The first-order valence-corrected chi connectivity index (χ1v) is 5.77. The van der Waals surface area contributed by atoms with Gasteiger partial charge in [-0.3, -0.25) is 9.59 Å². The minimum atomic E-state index is -0.892. The molecule has 1 amide bonds. The van der Waals surface area contributed by atoms with Crippen molar-refractivity contribution < 1.29 is 19.4 Å². The summed E-state index contributed by atoms with van der Waals surface area (Å²) in [5, 5.41) is 11.5. The molecule has 0 aromatic heterocycles. The van der Waals surface area contributed by atoms with Crippen LogP contribution in [-0.2, 0) is 14.3 Å². The van der Waals surface area contributed by atoms with E-state index >= 15 is 0 Å². The summed E-state index contributed by atoms with van der Waals surface area (Å²) < 4.78 is 5.28. The Morgan fingerprint density at radius 3 is 2.18 bits per heavy atom. The monoisotopic (exact) mass is 245 g/mol. The van der Waals surface area contributed by atoms with Crippen molar-refractivity contribution in [3.8, 4) is 0 Å². The fourth-order valence-electron chi connectivity index (χ4n) is 1.17. The number of amides is 1. The molecule has 0 fully saturated rings. The second-order valence-corrected chi connectivity index (χ2v) is 5.39. The van der Waals surface area contributed by atoms with E-state index in [0.717, 1.165) is 0 Å². The Labute approximate surface area is 103 Å². The fraction of sp³-hybridized carbons (Fsp3) is 0.833. The molecule has 5 nitrogen and oxygen atoms in total. The van der Waals surface area contributed by atoms with E-state index in [9.17, 15) is 9.59 Å². The van der Waals surface area contributed by atoms with E-state index in [1.54, 1.807) is 0 Å². The fourth-order valence-corrected chi connectivity index (χ4v) is 1.17. The van der Waals surface area contributed by atoms with E-state index in [0.29, 0.717) is 0 Å². The van der Waals surface area contributed by atoms with Gasteiger partial charge in [-0.15, -0.1) is 0 Å². The average Bonchev–Trinajstić information content (AvgIpc) is 2.12. The summed E-state index contributed by atoms with van der Waals surface area (Å²) in [4.78, 5) is 22.3. The number of ether oxygens (including phenoxy) is 1. The van der Waals surface area contributed by atoms with Crippen molar-refractivity contribution in [2.75, 3.05) is 13.2 Å². The highest BCUT2D eigenvalue weighted by molar-refractivity contribution is 5.78. The molecule has 0 spiro atoms. The average molecular weight is 245 g/mol. The van der Waals surface area contributed by atoms with Crippen molar-refractivity contribution in [1.29, 1.82) is 0 Å². The zero-order valence-corrected chi connectivity index (χ0v) is 11.2. The predicted molar refractivity (Wildman–Crippen MR) is 64.7 cm³/mol. The second-order valence-electron chi connectivity index (χ2n) is 5.39. The van der Waals surface area contributed by atoms with Gasteiger partial charge < -0.3 is 15.2 Å². The smallest absolute Gasteiger partial charge is 0.308 e. The highest BCUT2D eigenvalue weighted by Crippen LogP contribution is 2.10. The number of nitrogens with one attached hydrogen (secondary N) is 1. The number of aliphatic carboxylic acids is 1. The van der Waals surface area contributed by atoms with Gasteiger partial charge in [0.15, 0.2) is 0 Å². The minimum Gasteiger partial charge on any atom is -0.481 e. The molecular formula is C12H23NO4. The lowest BCUT2D eigenvalue weighted by atomic mass is 9.96. The van der Waals surface area contributed by atoms with Crippen LogP contribution < -0.4 is 5.32 Å². The predicted octanol–water partition coefficient (Wildman–Crippen LogP) is 1.27. The maximum absolute atomic E-state index is 11.4. The highest BCUT2D eigenvalue weighted by atomic mass is 16.5. The molecule has 0 aliphatic heterocycles. The van der Waals surface area contributed by atoms with Crippen molar-refractivity contribution in [1.82, 2.24) is 5.32 Å². The number of carboxylic acids is 1. The quantitative estimate of drug-likeness (QED) is 0.739. The van der Waals surface area contributed by atoms with Crippen molar-refractivity contribution in [3.63, 3.8) is 0 Å². The zero-order chi connectivity index (χ0) is 13.6. The molecule has 0 aliphatic rings. The summed E-state index contributed by atoms with van der Waals surface area (Å²) in [6.45, 7) is 9.29. The van der Waals surface area contributed by atoms with Crippen molar-refractivity contribution in [3.05, 3.63) is 0 Å². The van der Waals surface area contributed by atoms with Gasteiger partial charge in [-0.25, -0.2) is 0 Å². The Hall–Kier alpha value is -1.10. The molecule has 100 valence electrons. The molecule has 1 unspecified atom stereocenters. The molecule has 0 radical (unpaired) electrons. The summed E-state index contributed by atoms with van der Waals surface area (Å²) in [7, 11) is 0. The molecule has 0 rings (SSSR count). The molecule has 0 aromatic carbocycles. The zero-order valence-electron chi connectivity index (χ0n) is 11.2. The highest BCUT2D eigenvalue weighted by Gasteiger charge is 2.22. The van der Waals surface area contributed by atoms with Crippen molar-refractivity contribution >= 4 is 11.9 Å². The van der Waals surface area contributed by atoms with E-state index in [1.165, 1.54) is 0 Å². The third-order valence-electron chi connectivity index (χ3n) is 2.28. The van der Waals surface area contributed by atoms with E-state index in [4.69, 9.17) is 9.84 Å². The molecule has 0 saturated heterocycles. The molecule has 0 saturated carbocycles. The summed E-state index contributed by atoms with van der Waals surface area (Å²) >= 11 is 0. The van der Waals surface area contributed by atoms with Gasteiger partial charge in [0.05, 0.1) is 11.5 Å². The maximum Gasteiger partial charge on any atom is 0.308 e. The standard InChI is InChI=1S/C12H23NO4/c1-8(2)9(11(15)16)6-13-10(14)7-17-12(3,4)5/h8-9H,6-7H2,1-5H3,(H,13,14)(H,15,16). The summed E-state index contributed by atoms with van der Waals surface area (Å²) in [5.74, 6) is -1.76. The maximum atomic E-state index is 11.4. The Morgan fingerprint density at radius 1 is 1.29 bits per heavy atom. The molecule has 17 heavy (non-hydrogen) atoms. The minimum absolute atomic E-state index is 0.0173. The van der Waals surface area contributed by atoms with Gasteiger partial charge in [0, 0.05) is 6.54 Å². The molecule has 2 N–H and O–H groups in total. The van der Waals surface area contributed by atoms with Crippen LogP contribution in [0.3, 0.4) is 0 Å². The van der Waals surface area contributed by atoms with Gasteiger partial charge in [-0.1, -0.05) is 13.8 Å². The molecule has 0 aliphatic carbocycles. The van der Waals surface area contributed by atoms with Crippen LogP contribution in [0.15, 0.2) is 0 Å². The van der Waals surface area contributed by atoms with E-state index < -0.39 is 11.9 Å². The Balaban J connectivity index is 4.02. The first-order chi connectivity index (χ1) is 7.63. The summed E-state index contributed by atoms with van der Waals surface area (Å²) in [6, 6.07) is 0. The molecular weight excluding hydrogens is 222 g/mol. The van der Waals surface area contributed by atoms with Gasteiger partial charge in [0.25, 0.3) is 0 Å². The lowest BCUT2D eigenvalue weighted by Gasteiger charge is -2.20. The Morgan fingerprint density at radius 2 is 1.82 bits per heavy atom. The number of carboxylic acid groups (broad SMARTS) is 1. The van der Waals surface area contributed by atoms with Crippen LogP contribution in [0.1, 0.15) is 34.6 Å². The van der Waals surface area contributed by atoms with Crippen molar-refractivity contribution in [2.45, 2.75) is 40.2 Å². The third kappa shape index (κ3) is 7.74. The molecule has 5 heteroatoms. The Kier molecular flexibility index (Phi) is 6.16. The van der Waals surface area contributed by atoms with Crippen LogP contribution in [0.4, 0.5) is 0 Å². The number of carbonyl (C=O) groups is 2. The van der Waals surface area contributed by atoms with Gasteiger partial charge in [0.1, 0.15) is 6.61 Å². The lowest BCUT2D eigenvalue weighted by molar-refractivity contribution is -0.143. The first-order valence-electron chi connectivity index (χ1n) is 5.77. The lowest BCUT2D eigenvalue weighted by Crippen LogP contribution is -2.38. The molecule has 0 heterocycles. The van der Waals surface area contributed by atoms with Crippen LogP contribution >= 0.6 is 0 Å². The molecule has 0 aromatic rings. The van der Waals surface area contributed by atoms with E-state index in [-0.39, 0.29) is 30.6 Å². The number of hydrogen-bond donors (Lipinski definition) is 2. The van der Waals surface area contributed by atoms with Gasteiger partial charge in [-0.2, -0.15) is 0 Å². The van der Waals surface area contributed by atoms with Crippen LogP contribution in [0.25, 0.3) is 0 Å². The number of rotatable bonds is 6. The van der Waals surface area contributed by atoms with Crippen molar-refractivity contribution in [2.24, 2.45) is 11.8 Å². The third-order valence-corrected chi connectivity index (χ3v) is 2.28. The first kappa shape index (κ1) is 15.9. The number of carbonyl (C=O) groups excluding carboxylic acids is 1. The largest absolute Gasteiger partial charge is 0.481 e. The van der Waals surface area contributed by atoms with E-state index in [2.05, 4.69) is 5.32 Å². The van der Waals surface area contributed by atoms with Gasteiger partial charge in [-0.05, 0) is 26.7 Å². The SMILES string of the molecule is CC(C)C(CNC(=O)COC(C)(C)C)C(=O)O. The topological polar surface area (TPSA) is 75.6 Å². The normalized spacial score (nSPS) is 13.5. The van der Waals surface area contributed by atoms with Gasteiger partial charge in [0.2, 0.25) is 5.91 Å². The van der Waals surface area contributed by atoms with E-state index in [1.807, 2.05) is 34.6 Å². The summed E-state index contributed by atoms with van der Waals surface area (Å²) in [5.41, 5.74) is -0.373. The van der Waals surface area contributed by atoms with Crippen LogP contribution in [0, 0.1) is 11.8 Å².